The Kier molecular flexibility index (Phi) is 6.22. The van der Waals surface area contributed by atoms with Gasteiger partial charge in [-0.3, -0.25) is 4.79 Å². The van der Waals surface area contributed by atoms with Crippen molar-refractivity contribution in [1.29, 1.82) is 0 Å². The highest BCUT2D eigenvalue weighted by atomic mass is 19.1. The molecule has 2 N–H and O–H groups in total. The van der Waals surface area contributed by atoms with E-state index in [9.17, 15) is 9.18 Å². The van der Waals surface area contributed by atoms with Crippen LogP contribution in [0.5, 0.6) is 0 Å². The molecule has 0 fully saturated rings. The number of aromatic nitrogens is 1. The molecule has 0 radical (unpaired) electrons. The molecule has 1 amide bonds. The molecule has 144 valence electrons. The number of nitrogens with one attached hydrogen (secondary N) is 2. The second-order valence-corrected chi connectivity index (χ2v) is 6.63. The van der Waals surface area contributed by atoms with Gasteiger partial charge in [0.1, 0.15) is 11.6 Å². The van der Waals surface area contributed by atoms with Crippen molar-refractivity contribution in [3.8, 4) is 0 Å². The molecule has 3 rings (SSSR count). The van der Waals surface area contributed by atoms with E-state index in [-0.39, 0.29) is 11.7 Å². The molecule has 5 nitrogen and oxygen atoms in total. The molecule has 0 spiro atoms. The number of hydrogen-bond acceptors (Lipinski definition) is 4. The molecule has 0 saturated carbocycles. The maximum Gasteiger partial charge on any atom is 0.257 e. The van der Waals surface area contributed by atoms with Crippen molar-refractivity contribution < 1.29 is 9.18 Å². The summed E-state index contributed by atoms with van der Waals surface area (Å²) < 4.78 is 12.9. The lowest BCUT2D eigenvalue weighted by Gasteiger charge is -2.13. The Bertz CT molecular complexity index is 907. The maximum atomic E-state index is 12.9. The molecule has 1 heterocycles. The average molecular weight is 378 g/mol. The van der Waals surface area contributed by atoms with Crippen LogP contribution >= 0.6 is 0 Å². The quantitative estimate of drug-likeness (QED) is 0.647. The van der Waals surface area contributed by atoms with Gasteiger partial charge < -0.3 is 15.5 Å². The number of carbonyl (C=O) groups excluding carboxylic acids is 1. The van der Waals surface area contributed by atoms with Crippen molar-refractivity contribution in [2.45, 2.75) is 6.42 Å². The second kappa shape index (κ2) is 8.99. The van der Waals surface area contributed by atoms with E-state index in [1.54, 1.807) is 30.5 Å². The van der Waals surface area contributed by atoms with Crippen molar-refractivity contribution in [3.05, 3.63) is 83.8 Å². The fourth-order valence-electron chi connectivity index (χ4n) is 2.66. The van der Waals surface area contributed by atoms with Gasteiger partial charge in [0.15, 0.2) is 0 Å². The molecule has 6 heteroatoms. The first-order valence-electron chi connectivity index (χ1n) is 9.04. The maximum absolute atomic E-state index is 12.9. The molecule has 1 aromatic heterocycles. The van der Waals surface area contributed by atoms with Gasteiger partial charge in [0.05, 0.1) is 5.56 Å². The lowest BCUT2D eigenvalue weighted by atomic mass is 10.1. The third kappa shape index (κ3) is 5.30. The Morgan fingerprint density at radius 2 is 1.71 bits per heavy atom. The standard InChI is InChI=1S/C22H23FN4O/c1-27(2)20-10-8-19(9-11-20)26-22(28)17-5-12-21(25-15-17)24-14-13-16-3-6-18(23)7-4-16/h3-12,15H,13-14H2,1-2H3,(H,24,25)(H,26,28). The SMILES string of the molecule is CN(C)c1ccc(NC(=O)c2ccc(NCCc3ccc(F)cc3)nc2)cc1. The number of carbonyl (C=O) groups is 1. The zero-order valence-electron chi connectivity index (χ0n) is 15.9. The fraction of sp³-hybridized carbons (Fsp3) is 0.182. The summed E-state index contributed by atoms with van der Waals surface area (Å²) in [6.45, 7) is 0.669. The van der Waals surface area contributed by atoms with Gasteiger partial charge in [0.2, 0.25) is 0 Å². The van der Waals surface area contributed by atoms with Crippen molar-refractivity contribution >= 4 is 23.1 Å². The average Bonchev–Trinajstić information content (AvgIpc) is 2.70. The van der Waals surface area contributed by atoms with Crippen LogP contribution in [0.25, 0.3) is 0 Å². The summed E-state index contributed by atoms with van der Waals surface area (Å²) in [5.41, 5.74) is 3.33. The molecular formula is C22H23FN4O. The molecule has 0 aliphatic rings. The van der Waals surface area contributed by atoms with E-state index in [4.69, 9.17) is 0 Å². The third-order valence-corrected chi connectivity index (χ3v) is 4.30. The number of amides is 1. The molecule has 0 bridgehead atoms. The molecule has 3 aromatic rings. The van der Waals surface area contributed by atoms with Crippen molar-refractivity contribution in [1.82, 2.24) is 4.98 Å². The summed E-state index contributed by atoms with van der Waals surface area (Å²) in [4.78, 5) is 18.6. The van der Waals surface area contributed by atoms with Crippen LogP contribution in [0.2, 0.25) is 0 Å². The van der Waals surface area contributed by atoms with Crippen LogP contribution in [0, 0.1) is 5.82 Å². The lowest BCUT2D eigenvalue weighted by molar-refractivity contribution is 0.102. The highest BCUT2D eigenvalue weighted by molar-refractivity contribution is 6.04. The second-order valence-electron chi connectivity index (χ2n) is 6.63. The van der Waals surface area contributed by atoms with Gasteiger partial charge in [-0.2, -0.15) is 0 Å². The number of rotatable bonds is 7. The predicted octanol–water partition coefficient (Wildman–Crippen LogP) is 4.19. The lowest BCUT2D eigenvalue weighted by Crippen LogP contribution is -2.13. The number of hydrogen-bond donors (Lipinski definition) is 2. The Balaban J connectivity index is 1.51. The normalized spacial score (nSPS) is 10.4. The van der Waals surface area contributed by atoms with Crippen LogP contribution < -0.4 is 15.5 Å². The van der Waals surface area contributed by atoms with Crippen LogP contribution in [-0.2, 0) is 6.42 Å². The Morgan fingerprint density at radius 1 is 1.00 bits per heavy atom. The van der Waals surface area contributed by atoms with E-state index in [1.165, 1.54) is 12.1 Å². The smallest absolute Gasteiger partial charge is 0.257 e. The van der Waals surface area contributed by atoms with Crippen LogP contribution in [-0.4, -0.2) is 31.5 Å². The van der Waals surface area contributed by atoms with Gasteiger partial charge in [-0.25, -0.2) is 9.37 Å². The minimum Gasteiger partial charge on any atom is -0.378 e. The van der Waals surface area contributed by atoms with Gasteiger partial charge in [-0.1, -0.05) is 12.1 Å². The molecule has 0 atom stereocenters. The highest BCUT2D eigenvalue weighted by Crippen LogP contribution is 2.16. The van der Waals surface area contributed by atoms with Gasteiger partial charge in [0.25, 0.3) is 5.91 Å². The zero-order chi connectivity index (χ0) is 19.9. The summed E-state index contributed by atoms with van der Waals surface area (Å²) >= 11 is 0. The van der Waals surface area contributed by atoms with Crippen molar-refractivity contribution in [3.63, 3.8) is 0 Å². The summed E-state index contributed by atoms with van der Waals surface area (Å²) in [7, 11) is 3.93. The van der Waals surface area contributed by atoms with Gasteiger partial charge >= 0.3 is 0 Å². The van der Waals surface area contributed by atoms with Gasteiger partial charge in [-0.15, -0.1) is 0 Å². The van der Waals surface area contributed by atoms with E-state index in [1.807, 2.05) is 43.3 Å². The Hall–Kier alpha value is -3.41. The predicted molar refractivity (Wildman–Crippen MR) is 112 cm³/mol. The molecule has 0 aliphatic carbocycles. The largest absolute Gasteiger partial charge is 0.378 e. The summed E-state index contributed by atoms with van der Waals surface area (Å²) in [6, 6.07) is 17.6. The summed E-state index contributed by atoms with van der Waals surface area (Å²) in [6.07, 6.45) is 2.30. The van der Waals surface area contributed by atoms with Crippen molar-refractivity contribution in [2.24, 2.45) is 0 Å². The number of anilines is 3. The number of benzene rings is 2. The molecule has 0 aliphatic heterocycles. The number of nitrogens with zero attached hydrogens (tertiary/aromatic N) is 2. The number of halogens is 1. The zero-order valence-corrected chi connectivity index (χ0v) is 15.9. The minimum absolute atomic E-state index is 0.206. The van der Waals surface area contributed by atoms with Gasteiger partial charge in [-0.05, 0) is 60.5 Å². The van der Waals surface area contributed by atoms with Crippen molar-refractivity contribution in [2.75, 3.05) is 36.2 Å². The summed E-state index contributed by atoms with van der Waals surface area (Å²) in [5.74, 6) is 0.248. The first-order valence-corrected chi connectivity index (χ1v) is 9.04. The van der Waals surface area contributed by atoms with E-state index >= 15 is 0 Å². The minimum atomic E-state index is -0.235. The Morgan fingerprint density at radius 3 is 2.32 bits per heavy atom. The van der Waals surface area contributed by atoms with Crippen LogP contribution in [0.3, 0.4) is 0 Å². The first kappa shape index (κ1) is 19.4. The topological polar surface area (TPSA) is 57.3 Å². The number of pyridine rings is 1. The molecule has 2 aromatic carbocycles. The molecular weight excluding hydrogens is 355 g/mol. The van der Waals surface area contributed by atoms with E-state index in [2.05, 4.69) is 15.6 Å². The molecule has 28 heavy (non-hydrogen) atoms. The molecule has 0 unspecified atom stereocenters. The summed E-state index contributed by atoms with van der Waals surface area (Å²) in [5, 5.41) is 6.06. The van der Waals surface area contributed by atoms with E-state index in [0.29, 0.717) is 17.9 Å². The van der Waals surface area contributed by atoms with E-state index < -0.39 is 0 Å². The third-order valence-electron chi connectivity index (χ3n) is 4.30. The van der Waals surface area contributed by atoms with Gasteiger partial charge in [0, 0.05) is 38.2 Å². The van der Waals surface area contributed by atoms with Crippen LogP contribution in [0.4, 0.5) is 21.6 Å². The Labute approximate surface area is 164 Å². The van der Waals surface area contributed by atoms with Crippen LogP contribution in [0.1, 0.15) is 15.9 Å². The first-order chi connectivity index (χ1) is 13.5. The van der Waals surface area contributed by atoms with Crippen LogP contribution in [0.15, 0.2) is 66.9 Å². The monoisotopic (exact) mass is 378 g/mol. The fourth-order valence-corrected chi connectivity index (χ4v) is 2.66. The van der Waals surface area contributed by atoms with E-state index in [0.717, 1.165) is 23.4 Å². The molecule has 0 saturated heterocycles. The highest BCUT2D eigenvalue weighted by Gasteiger charge is 2.07.